The molecule has 0 heterocycles. The summed E-state index contributed by atoms with van der Waals surface area (Å²) < 4.78 is 5.64. The molecule has 4 unspecified atom stereocenters. The van der Waals surface area contributed by atoms with Crippen molar-refractivity contribution >= 4 is 23.6 Å². The predicted octanol–water partition coefficient (Wildman–Crippen LogP) is 1.54. The molecule has 0 radical (unpaired) electrons. The number of ether oxygens (including phenoxy) is 1. The third kappa shape index (κ3) is 16.3. The summed E-state index contributed by atoms with van der Waals surface area (Å²) in [7, 11) is 6.78. The second-order valence-electron chi connectivity index (χ2n) is 11.0. The van der Waals surface area contributed by atoms with Crippen LogP contribution in [0.5, 0.6) is 0 Å². The Bertz CT molecular complexity index is 768. The maximum absolute atomic E-state index is 12.2. The van der Waals surface area contributed by atoms with Crippen LogP contribution in [0.4, 0.5) is 0 Å². The van der Waals surface area contributed by atoms with Crippen LogP contribution < -0.4 is 0 Å². The van der Waals surface area contributed by atoms with Crippen molar-refractivity contribution in [2.24, 2.45) is 11.8 Å². The molecule has 0 aromatic heterocycles. The van der Waals surface area contributed by atoms with Gasteiger partial charge in [0, 0.05) is 79.4 Å². The highest BCUT2D eigenvalue weighted by Crippen LogP contribution is 2.11. The van der Waals surface area contributed by atoms with E-state index < -0.39 is 12.2 Å². The van der Waals surface area contributed by atoms with Crippen molar-refractivity contribution in [3.05, 3.63) is 25.3 Å². The summed E-state index contributed by atoms with van der Waals surface area (Å²) in [6.07, 6.45) is 4.04. The average molecular weight is 583 g/mol. The van der Waals surface area contributed by atoms with Gasteiger partial charge in [0.2, 0.25) is 23.6 Å². The molecular weight excluding hydrogens is 528 g/mol. The second kappa shape index (κ2) is 21.0. The lowest BCUT2D eigenvalue weighted by Gasteiger charge is -2.26. The van der Waals surface area contributed by atoms with Crippen LogP contribution in [-0.4, -0.2) is 133 Å². The first kappa shape index (κ1) is 38.2. The van der Waals surface area contributed by atoms with Gasteiger partial charge < -0.3 is 34.5 Å². The first-order valence-corrected chi connectivity index (χ1v) is 14.4. The van der Waals surface area contributed by atoms with Gasteiger partial charge in [-0.05, 0) is 50.7 Å². The van der Waals surface area contributed by atoms with Gasteiger partial charge in [0.05, 0.1) is 12.2 Å². The lowest BCUT2D eigenvalue weighted by Crippen LogP contribution is -2.39. The molecule has 4 atom stereocenters. The van der Waals surface area contributed by atoms with Crippen LogP contribution in [0.1, 0.15) is 52.4 Å². The standard InChI is InChI=1S/C30H54N4O7/c1-9-27(37)33(17-15-23(3)29(39)31(5)6)21-25(35)13-11-19-41-20-12-14-26(36)22-34(28(38)10-2)18-16-24(4)30(40)32(7)8/h9-10,23-26,35-36H,1-2,11-22H2,3-8H3. The minimum absolute atomic E-state index is 0.00765. The lowest BCUT2D eigenvalue weighted by molar-refractivity contribution is -0.134. The van der Waals surface area contributed by atoms with Crippen LogP contribution in [0.3, 0.4) is 0 Å². The molecule has 41 heavy (non-hydrogen) atoms. The van der Waals surface area contributed by atoms with Gasteiger partial charge in [-0.3, -0.25) is 19.2 Å². The SMILES string of the molecule is C=CC(=O)N(CCC(C)C(=O)N(C)C)CC(O)CCCOCCCC(O)CN(CCC(C)C(=O)N(C)C)C(=O)C=C. The quantitative estimate of drug-likeness (QED) is 0.146. The number of hydrogen-bond donors (Lipinski definition) is 2. The number of aliphatic hydroxyl groups excluding tert-OH is 2. The second-order valence-corrected chi connectivity index (χ2v) is 11.0. The molecule has 0 aliphatic carbocycles. The number of aliphatic hydroxyl groups is 2. The Labute approximate surface area is 246 Å². The molecule has 2 N–H and O–H groups in total. The number of hydrogen-bond acceptors (Lipinski definition) is 7. The Morgan fingerprint density at radius 3 is 1.32 bits per heavy atom. The zero-order chi connectivity index (χ0) is 31.5. The first-order valence-electron chi connectivity index (χ1n) is 14.4. The van der Waals surface area contributed by atoms with Gasteiger partial charge in [0.15, 0.2) is 0 Å². The molecule has 0 saturated carbocycles. The zero-order valence-electron chi connectivity index (χ0n) is 26.1. The van der Waals surface area contributed by atoms with Gasteiger partial charge in [0.1, 0.15) is 0 Å². The van der Waals surface area contributed by atoms with Gasteiger partial charge in [0.25, 0.3) is 0 Å². The Kier molecular flexibility index (Phi) is 19.6. The molecule has 0 fully saturated rings. The number of nitrogens with zero attached hydrogens (tertiary/aromatic N) is 4. The molecule has 0 bridgehead atoms. The maximum atomic E-state index is 12.2. The molecule has 0 aliphatic heterocycles. The van der Waals surface area contributed by atoms with E-state index in [-0.39, 0.29) is 48.6 Å². The van der Waals surface area contributed by atoms with Crippen molar-refractivity contribution < 1.29 is 34.1 Å². The first-order chi connectivity index (χ1) is 19.2. The van der Waals surface area contributed by atoms with Crippen molar-refractivity contribution in [2.75, 3.05) is 67.6 Å². The molecule has 0 aromatic rings. The fraction of sp³-hybridized carbons (Fsp3) is 0.733. The molecule has 0 spiro atoms. The summed E-state index contributed by atoms with van der Waals surface area (Å²) in [5.74, 6) is -1.05. The summed E-state index contributed by atoms with van der Waals surface area (Å²) in [5.41, 5.74) is 0. The molecule has 0 aliphatic rings. The molecule has 11 nitrogen and oxygen atoms in total. The number of rotatable bonds is 22. The van der Waals surface area contributed by atoms with Crippen molar-refractivity contribution in [3.63, 3.8) is 0 Å². The smallest absolute Gasteiger partial charge is 0.246 e. The molecule has 236 valence electrons. The molecule has 11 heteroatoms. The van der Waals surface area contributed by atoms with E-state index in [2.05, 4.69) is 13.2 Å². The fourth-order valence-electron chi connectivity index (χ4n) is 4.30. The molecule has 0 aromatic carbocycles. The highest BCUT2D eigenvalue weighted by molar-refractivity contribution is 5.87. The Balaban J connectivity index is 4.37. The highest BCUT2D eigenvalue weighted by atomic mass is 16.5. The van der Waals surface area contributed by atoms with Crippen LogP contribution in [-0.2, 0) is 23.9 Å². The normalized spacial score (nSPS) is 13.9. The zero-order valence-corrected chi connectivity index (χ0v) is 26.1. The van der Waals surface area contributed by atoms with Crippen LogP contribution in [0.15, 0.2) is 25.3 Å². The number of amides is 4. The predicted molar refractivity (Wildman–Crippen MR) is 160 cm³/mol. The van der Waals surface area contributed by atoms with Gasteiger partial charge in [-0.1, -0.05) is 27.0 Å². The minimum Gasteiger partial charge on any atom is -0.391 e. The van der Waals surface area contributed by atoms with Crippen molar-refractivity contribution in [1.29, 1.82) is 0 Å². The van der Waals surface area contributed by atoms with Gasteiger partial charge in [-0.25, -0.2) is 0 Å². The lowest BCUT2D eigenvalue weighted by atomic mass is 10.1. The largest absolute Gasteiger partial charge is 0.391 e. The Morgan fingerprint density at radius 1 is 0.683 bits per heavy atom. The summed E-state index contributed by atoms with van der Waals surface area (Å²) in [4.78, 5) is 54.7. The molecular formula is C30H54N4O7. The van der Waals surface area contributed by atoms with Crippen LogP contribution in [0, 0.1) is 11.8 Å². The topological polar surface area (TPSA) is 131 Å². The minimum atomic E-state index is -0.728. The summed E-state index contributed by atoms with van der Waals surface area (Å²) in [5, 5.41) is 20.9. The van der Waals surface area contributed by atoms with Gasteiger partial charge >= 0.3 is 0 Å². The van der Waals surface area contributed by atoms with E-state index in [9.17, 15) is 29.4 Å². The van der Waals surface area contributed by atoms with Crippen LogP contribution in [0.25, 0.3) is 0 Å². The molecule has 4 amide bonds. The van der Waals surface area contributed by atoms with E-state index in [1.165, 1.54) is 31.8 Å². The summed E-state index contributed by atoms with van der Waals surface area (Å²) >= 11 is 0. The maximum Gasteiger partial charge on any atom is 0.246 e. The molecule has 0 rings (SSSR count). The van der Waals surface area contributed by atoms with Crippen molar-refractivity contribution in [2.45, 2.75) is 64.6 Å². The van der Waals surface area contributed by atoms with E-state index in [0.717, 1.165) is 0 Å². The van der Waals surface area contributed by atoms with E-state index >= 15 is 0 Å². The van der Waals surface area contributed by atoms with Gasteiger partial charge in [-0.2, -0.15) is 0 Å². The Morgan fingerprint density at radius 2 is 1.02 bits per heavy atom. The third-order valence-corrected chi connectivity index (χ3v) is 6.88. The fourth-order valence-corrected chi connectivity index (χ4v) is 4.30. The average Bonchev–Trinajstić information content (AvgIpc) is 2.94. The van der Waals surface area contributed by atoms with E-state index in [1.807, 2.05) is 13.8 Å². The highest BCUT2D eigenvalue weighted by Gasteiger charge is 2.21. The van der Waals surface area contributed by atoms with Crippen molar-refractivity contribution in [1.82, 2.24) is 19.6 Å². The molecule has 0 saturated heterocycles. The van der Waals surface area contributed by atoms with E-state index in [0.29, 0.717) is 64.8 Å². The summed E-state index contributed by atoms with van der Waals surface area (Å²) in [6.45, 7) is 12.6. The van der Waals surface area contributed by atoms with Crippen LogP contribution in [0.2, 0.25) is 0 Å². The van der Waals surface area contributed by atoms with Gasteiger partial charge in [-0.15, -0.1) is 0 Å². The van der Waals surface area contributed by atoms with E-state index in [1.54, 1.807) is 28.2 Å². The number of carbonyl (C=O) groups excluding carboxylic acids is 4. The van der Waals surface area contributed by atoms with Crippen LogP contribution >= 0.6 is 0 Å². The third-order valence-electron chi connectivity index (χ3n) is 6.88. The van der Waals surface area contributed by atoms with Crippen molar-refractivity contribution in [3.8, 4) is 0 Å². The monoisotopic (exact) mass is 582 g/mol. The Hall–Kier alpha value is -2.76. The number of carbonyl (C=O) groups is 4. The van der Waals surface area contributed by atoms with E-state index in [4.69, 9.17) is 4.74 Å². The summed E-state index contributed by atoms with van der Waals surface area (Å²) in [6, 6.07) is 0.